The third kappa shape index (κ3) is 5.41. The predicted octanol–water partition coefficient (Wildman–Crippen LogP) is 4.02. The summed E-state index contributed by atoms with van der Waals surface area (Å²) in [5.74, 6) is -0.370. The number of aryl methyl sites for hydroxylation is 1. The molecule has 0 unspecified atom stereocenters. The minimum Gasteiger partial charge on any atom is -0.355 e. The van der Waals surface area contributed by atoms with Crippen molar-refractivity contribution >= 4 is 28.9 Å². The first kappa shape index (κ1) is 19.1. The van der Waals surface area contributed by atoms with Gasteiger partial charge >= 0.3 is 0 Å². The van der Waals surface area contributed by atoms with Crippen molar-refractivity contribution in [1.29, 1.82) is 0 Å². The van der Waals surface area contributed by atoms with Crippen LogP contribution in [0.5, 0.6) is 0 Å². The van der Waals surface area contributed by atoms with E-state index in [0.717, 1.165) is 22.5 Å². The number of hydrogen-bond acceptors (Lipinski definition) is 4. The fourth-order valence-electron chi connectivity index (χ4n) is 2.77. The van der Waals surface area contributed by atoms with Crippen molar-refractivity contribution in [3.8, 4) is 0 Å². The molecule has 1 aromatic heterocycles. The van der Waals surface area contributed by atoms with Crippen molar-refractivity contribution in [2.75, 3.05) is 10.6 Å². The van der Waals surface area contributed by atoms with Gasteiger partial charge in [0.2, 0.25) is 5.91 Å². The van der Waals surface area contributed by atoms with Gasteiger partial charge in [-0.25, -0.2) is 0 Å². The number of carbonyl (C=O) groups excluding carboxylic acids is 2. The number of carbonyl (C=O) groups is 2. The summed E-state index contributed by atoms with van der Waals surface area (Å²) in [6.07, 6.45) is 1.58. The summed E-state index contributed by atoms with van der Waals surface area (Å²) in [5, 5.41) is 8.85. The topological polar surface area (TPSA) is 83.1 Å². The van der Waals surface area contributed by atoms with Gasteiger partial charge in [0.05, 0.1) is 0 Å². The van der Waals surface area contributed by atoms with Crippen molar-refractivity contribution in [3.05, 3.63) is 83.7 Å². The number of rotatable bonds is 6. The van der Waals surface area contributed by atoms with Crippen LogP contribution in [0.2, 0.25) is 0 Å². The molecular weight excluding hydrogens is 352 g/mol. The monoisotopic (exact) mass is 374 g/mol. The molecule has 0 aliphatic rings. The summed E-state index contributed by atoms with van der Waals surface area (Å²) in [7, 11) is 0. The second-order valence-corrected chi connectivity index (χ2v) is 6.49. The molecule has 0 fully saturated rings. The summed E-state index contributed by atoms with van der Waals surface area (Å²) in [5.41, 5.74) is 4.74. The first-order valence-corrected chi connectivity index (χ1v) is 8.94. The van der Waals surface area contributed by atoms with Crippen LogP contribution >= 0.6 is 0 Å². The summed E-state index contributed by atoms with van der Waals surface area (Å²) >= 11 is 0. The fourth-order valence-corrected chi connectivity index (χ4v) is 2.77. The maximum absolute atomic E-state index is 12.4. The molecule has 0 bridgehead atoms. The molecule has 0 saturated carbocycles. The third-order valence-electron chi connectivity index (χ3n) is 4.00. The van der Waals surface area contributed by atoms with Crippen LogP contribution in [-0.4, -0.2) is 16.8 Å². The Bertz CT molecular complexity index is 1000. The largest absolute Gasteiger partial charge is 0.355 e. The van der Waals surface area contributed by atoms with Gasteiger partial charge in [-0.15, -0.1) is 0 Å². The first-order valence-electron chi connectivity index (χ1n) is 8.94. The molecular formula is C22H22N4O2. The quantitative estimate of drug-likeness (QED) is 0.608. The number of aromatic nitrogens is 1. The lowest BCUT2D eigenvalue weighted by atomic mass is 10.1. The molecule has 6 heteroatoms. The Morgan fingerprint density at radius 1 is 0.929 bits per heavy atom. The van der Waals surface area contributed by atoms with Crippen molar-refractivity contribution in [2.24, 2.45) is 0 Å². The number of pyridine rings is 1. The van der Waals surface area contributed by atoms with Gasteiger partial charge in [-0.2, -0.15) is 0 Å². The van der Waals surface area contributed by atoms with Crippen molar-refractivity contribution in [3.63, 3.8) is 0 Å². The molecule has 0 atom stereocenters. The van der Waals surface area contributed by atoms with E-state index in [9.17, 15) is 9.59 Å². The van der Waals surface area contributed by atoms with E-state index < -0.39 is 0 Å². The highest BCUT2D eigenvalue weighted by Crippen LogP contribution is 2.20. The van der Waals surface area contributed by atoms with Crippen LogP contribution in [0.4, 0.5) is 17.1 Å². The molecule has 6 nitrogen and oxygen atoms in total. The Morgan fingerprint density at radius 2 is 1.68 bits per heavy atom. The molecule has 2 aromatic carbocycles. The van der Waals surface area contributed by atoms with Crippen LogP contribution in [0.1, 0.15) is 28.5 Å². The maximum atomic E-state index is 12.4. The summed E-state index contributed by atoms with van der Waals surface area (Å²) in [6, 6.07) is 18.8. The van der Waals surface area contributed by atoms with Crippen molar-refractivity contribution in [2.45, 2.75) is 20.4 Å². The number of nitrogens with zero attached hydrogens (tertiary/aromatic N) is 1. The summed E-state index contributed by atoms with van der Waals surface area (Å²) in [6.45, 7) is 3.92. The highest BCUT2D eigenvalue weighted by atomic mass is 16.2. The van der Waals surface area contributed by atoms with Gasteiger partial charge in [0.25, 0.3) is 5.91 Å². The minimum atomic E-state index is -0.239. The standard InChI is InChI=1S/C22H22N4O2/c1-15-5-3-6-17(11-15)14-24-22(28)21-13-20(9-10-23-21)26-19-8-4-7-18(12-19)25-16(2)27/h3-13H,14H2,1-2H3,(H,23,26)(H,24,28)(H,25,27). The number of benzene rings is 2. The zero-order valence-corrected chi connectivity index (χ0v) is 15.8. The Labute approximate surface area is 164 Å². The SMILES string of the molecule is CC(=O)Nc1cccc(Nc2ccnc(C(=O)NCc3cccc(C)c3)c2)c1. The van der Waals surface area contributed by atoms with E-state index in [2.05, 4.69) is 20.9 Å². The minimum absolute atomic E-state index is 0.131. The van der Waals surface area contributed by atoms with E-state index >= 15 is 0 Å². The highest BCUT2D eigenvalue weighted by molar-refractivity contribution is 5.93. The van der Waals surface area contributed by atoms with E-state index in [4.69, 9.17) is 0 Å². The zero-order valence-electron chi connectivity index (χ0n) is 15.8. The molecule has 0 aliphatic carbocycles. The van der Waals surface area contributed by atoms with Crippen LogP contribution in [0.25, 0.3) is 0 Å². The van der Waals surface area contributed by atoms with Crippen LogP contribution in [0.15, 0.2) is 66.9 Å². The van der Waals surface area contributed by atoms with E-state index in [-0.39, 0.29) is 11.8 Å². The lowest BCUT2D eigenvalue weighted by molar-refractivity contribution is -0.114. The Kier molecular flexibility index (Phi) is 6.01. The van der Waals surface area contributed by atoms with E-state index in [1.54, 1.807) is 18.3 Å². The smallest absolute Gasteiger partial charge is 0.270 e. The lowest BCUT2D eigenvalue weighted by Crippen LogP contribution is -2.23. The zero-order chi connectivity index (χ0) is 19.9. The number of anilines is 3. The van der Waals surface area contributed by atoms with Gasteiger partial charge < -0.3 is 16.0 Å². The average Bonchev–Trinajstić information content (AvgIpc) is 2.66. The van der Waals surface area contributed by atoms with E-state index in [1.165, 1.54) is 6.92 Å². The highest BCUT2D eigenvalue weighted by Gasteiger charge is 2.08. The molecule has 3 N–H and O–H groups in total. The second-order valence-electron chi connectivity index (χ2n) is 6.49. The van der Waals surface area contributed by atoms with Gasteiger partial charge in [-0.3, -0.25) is 14.6 Å². The number of hydrogen-bond donors (Lipinski definition) is 3. The second kappa shape index (κ2) is 8.81. The Hall–Kier alpha value is -3.67. The summed E-state index contributed by atoms with van der Waals surface area (Å²) in [4.78, 5) is 27.8. The summed E-state index contributed by atoms with van der Waals surface area (Å²) < 4.78 is 0. The van der Waals surface area contributed by atoms with Gasteiger partial charge in [0, 0.05) is 36.7 Å². The molecule has 0 spiro atoms. The molecule has 0 radical (unpaired) electrons. The van der Waals surface area contributed by atoms with Gasteiger partial charge in [-0.1, -0.05) is 35.9 Å². The molecule has 2 amide bonds. The predicted molar refractivity (Wildman–Crippen MR) is 111 cm³/mol. The van der Waals surface area contributed by atoms with Crippen LogP contribution in [-0.2, 0) is 11.3 Å². The molecule has 3 rings (SSSR count). The van der Waals surface area contributed by atoms with Gasteiger partial charge in [0.1, 0.15) is 5.69 Å². The van der Waals surface area contributed by atoms with Crippen LogP contribution in [0, 0.1) is 6.92 Å². The first-order chi connectivity index (χ1) is 13.5. The van der Waals surface area contributed by atoms with Gasteiger partial charge in [0.15, 0.2) is 0 Å². The number of amides is 2. The van der Waals surface area contributed by atoms with E-state index in [0.29, 0.717) is 17.9 Å². The molecule has 0 saturated heterocycles. The molecule has 1 heterocycles. The lowest BCUT2D eigenvalue weighted by Gasteiger charge is -2.10. The van der Waals surface area contributed by atoms with Crippen molar-refractivity contribution < 1.29 is 9.59 Å². The molecule has 3 aromatic rings. The fraction of sp³-hybridized carbons (Fsp3) is 0.136. The molecule has 0 aliphatic heterocycles. The Balaban J connectivity index is 1.66. The van der Waals surface area contributed by atoms with Crippen LogP contribution < -0.4 is 16.0 Å². The van der Waals surface area contributed by atoms with Crippen LogP contribution in [0.3, 0.4) is 0 Å². The molecule has 142 valence electrons. The number of nitrogens with one attached hydrogen (secondary N) is 3. The third-order valence-corrected chi connectivity index (χ3v) is 4.00. The van der Waals surface area contributed by atoms with E-state index in [1.807, 2.05) is 55.5 Å². The normalized spacial score (nSPS) is 10.2. The van der Waals surface area contributed by atoms with Gasteiger partial charge in [-0.05, 0) is 42.8 Å². The Morgan fingerprint density at radius 3 is 2.46 bits per heavy atom. The molecule has 28 heavy (non-hydrogen) atoms. The maximum Gasteiger partial charge on any atom is 0.270 e. The van der Waals surface area contributed by atoms with Crippen molar-refractivity contribution in [1.82, 2.24) is 10.3 Å². The average molecular weight is 374 g/mol.